The van der Waals surface area contributed by atoms with Gasteiger partial charge in [-0.25, -0.2) is 4.98 Å². The number of nitrogens with zero attached hydrogens (tertiary/aromatic N) is 7. The Labute approximate surface area is 300 Å². The SMILES string of the molecule is CB1N(C)c2cc3c4ccccc4n(-c4ccc5sc6c(-n7c8ccccc8c8cc9c(cc87)N(C)B(C)N9C)nccc6c5c4)c3cc2N1C. The van der Waals surface area contributed by atoms with Crippen molar-refractivity contribution in [1.82, 2.24) is 14.1 Å². The molecule has 0 saturated carbocycles. The summed E-state index contributed by atoms with van der Waals surface area (Å²) in [4.78, 5) is 14.6. The normalized spacial score (nSPS) is 14.6. The number of aromatic nitrogens is 3. The fourth-order valence-corrected chi connectivity index (χ4v) is 10.1. The first-order valence-electron chi connectivity index (χ1n) is 17.7. The van der Waals surface area contributed by atoms with Crippen molar-refractivity contribution in [3.05, 3.63) is 103 Å². The average Bonchev–Trinajstić information content (AvgIpc) is 3.90. The van der Waals surface area contributed by atoms with Crippen molar-refractivity contribution in [2.24, 2.45) is 0 Å². The molecule has 10 heteroatoms. The monoisotopic (exact) mass is 679 g/mol. The van der Waals surface area contributed by atoms with Crippen LogP contribution in [0.15, 0.2) is 103 Å². The highest BCUT2D eigenvalue weighted by molar-refractivity contribution is 7.26. The van der Waals surface area contributed by atoms with Crippen LogP contribution in [0.4, 0.5) is 22.7 Å². The maximum Gasteiger partial charge on any atom is 0.371 e. The summed E-state index contributed by atoms with van der Waals surface area (Å²) in [5.41, 5.74) is 11.0. The van der Waals surface area contributed by atoms with Crippen LogP contribution in [-0.4, -0.2) is 56.3 Å². The molecule has 0 fully saturated rings. The maximum absolute atomic E-state index is 5.13. The van der Waals surface area contributed by atoms with E-state index in [1.54, 1.807) is 0 Å². The molecule has 9 aromatic rings. The number of hydrogen-bond acceptors (Lipinski definition) is 6. The number of thiophene rings is 1. The second kappa shape index (κ2) is 10.0. The maximum atomic E-state index is 5.13. The summed E-state index contributed by atoms with van der Waals surface area (Å²) in [6.45, 7) is 5.13. The van der Waals surface area contributed by atoms with Gasteiger partial charge in [0.25, 0.3) is 0 Å². The lowest BCUT2D eigenvalue weighted by molar-refractivity contribution is 1.10. The van der Waals surface area contributed by atoms with Gasteiger partial charge in [-0.2, -0.15) is 0 Å². The molecule has 2 aliphatic heterocycles. The van der Waals surface area contributed by atoms with Gasteiger partial charge in [-0.3, -0.25) is 4.57 Å². The molecule has 0 amide bonds. The van der Waals surface area contributed by atoms with Crippen LogP contribution in [0.5, 0.6) is 0 Å². The quantitative estimate of drug-likeness (QED) is 0.170. The second-order valence-corrected chi connectivity index (χ2v) is 15.5. The number of rotatable bonds is 2. The summed E-state index contributed by atoms with van der Waals surface area (Å²) >= 11 is 1.84. The molecule has 0 N–H and O–H groups in total. The summed E-state index contributed by atoms with van der Waals surface area (Å²) in [7, 11) is 8.77. The largest absolute Gasteiger partial charge is 0.397 e. The molecule has 5 aromatic carbocycles. The van der Waals surface area contributed by atoms with Gasteiger partial charge in [0.1, 0.15) is 0 Å². The van der Waals surface area contributed by atoms with Gasteiger partial charge in [0.15, 0.2) is 5.82 Å². The van der Waals surface area contributed by atoms with Crippen molar-refractivity contribution in [3.8, 4) is 11.5 Å². The zero-order valence-electron chi connectivity index (χ0n) is 29.5. The van der Waals surface area contributed by atoms with Crippen molar-refractivity contribution >= 4 is 112 Å². The van der Waals surface area contributed by atoms with Crippen molar-refractivity contribution in [2.75, 3.05) is 47.4 Å². The Morgan fingerprint density at radius 1 is 0.490 bits per heavy atom. The minimum Gasteiger partial charge on any atom is -0.397 e. The zero-order valence-corrected chi connectivity index (χ0v) is 30.3. The van der Waals surface area contributed by atoms with Crippen LogP contribution in [0, 0.1) is 0 Å². The third-order valence-corrected chi connectivity index (χ3v) is 13.3. The molecule has 2 aliphatic rings. The molecular weight excluding hydrogens is 644 g/mol. The second-order valence-electron chi connectivity index (χ2n) is 14.4. The Bertz CT molecular complexity index is 2960. The Balaban J connectivity index is 1.15. The smallest absolute Gasteiger partial charge is 0.371 e. The Hall–Kier alpha value is -5.60. The molecule has 0 unspecified atom stereocenters. The van der Waals surface area contributed by atoms with E-state index in [1.165, 1.54) is 92.2 Å². The van der Waals surface area contributed by atoms with Gasteiger partial charge in [-0.1, -0.05) is 36.4 Å². The fourth-order valence-electron chi connectivity index (χ4n) is 8.92. The molecule has 0 atom stereocenters. The highest BCUT2D eigenvalue weighted by atomic mass is 32.1. The number of para-hydroxylation sites is 2. The molecule has 0 spiro atoms. The lowest BCUT2D eigenvalue weighted by Gasteiger charge is -2.18. The summed E-state index contributed by atoms with van der Waals surface area (Å²) in [6.07, 6.45) is 1.99. The molecule has 0 aliphatic carbocycles. The van der Waals surface area contributed by atoms with Crippen LogP contribution < -0.4 is 19.2 Å². The summed E-state index contributed by atoms with van der Waals surface area (Å²) in [6, 6.07) is 36.3. The van der Waals surface area contributed by atoms with Crippen LogP contribution in [0.1, 0.15) is 0 Å². The van der Waals surface area contributed by atoms with Gasteiger partial charge in [0.05, 0.1) is 38.1 Å². The lowest BCUT2D eigenvalue weighted by Crippen LogP contribution is -2.41. The first-order chi connectivity index (χ1) is 24.8. The van der Waals surface area contributed by atoms with Gasteiger partial charge < -0.3 is 23.8 Å². The van der Waals surface area contributed by atoms with Gasteiger partial charge in [-0.15, -0.1) is 11.3 Å². The Morgan fingerprint density at radius 2 is 1.02 bits per heavy atom. The summed E-state index contributed by atoms with van der Waals surface area (Å²) in [5, 5.41) is 7.55. The zero-order chi connectivity index (χ0) is 34.4. The minimum absolute atomic E-state index is 0.297. The number of anilines is 4. The topological polar surface area (TPSA) is 35.7 Å². The predicted molar refractivity (Wildman–Crippen MR) is 223 cm³/mol. The third kappa shape index (κ3) is 3.67. The van der Waals surface area contributed by atoms with E-state index in [9.17, 15) is 0 Å². The van der Waals surface area contributed by atoms with E-state index >= 15 is 0 Å². The van der Waals surface area contributed by atoms with Gasteiger partial charge >= 0.3 is 14.0 Å². The first-order valence-corrected chi connectivity index (χ1v) is 18.5. The van der Waals surface area contributed by atoms with Gasteiger partial charge in [0.2, 0.25) is 0 Å². The van der Waals surface area contributed by atoms with Crippen molar-refractivity contribution in [2.45, 2.75) is 13.6 Å². The summed E-state index contributed by atoms with van der Waals surface area (Å²) in [5.74, 6) is 0.983. The molecule has 6 heterocycles. The summed E-state index contributed by atoms with van der Waals surface area (Å²) < 4.78 is 7.30. The predicted octanol–water partition coefficient (Wildman–Crippen LogP) is 9.65. The molecule has 4 aromatic heterocycles. The van der Waals surface area contributed by atoms with Crippen LogP contribution >= 0.6 is 11.3 Å². The van der Waals surface area contributed by atoms with Crippen molar-refractivity contribution in [3.63, 3.8) is 0 Å². The van der Waals surface area contributed by atoms with E-state index in [0.29, 0.717) is 14.0 Å². The molecule has 7 nitrogen and oxygen atoms in total. The van der Waals surface area contributed by atoms with Gasteiger partial charge in [-0.05, 0) is 103 Å². The fraction of sp³-hybridized carbons (Fsp3) is 0.146. The Kier molecular flexibility index (Phi) is 5.72. The standard InChI is InChI=1S/C41H35B2N7S/c1-42-45(3)35-20-28-25-11-7-9-13-31(25)49(33(28)22-37(35)47(42)5)24-15-16-39-30(19-24)27-17-18-44-41(40(27)51-39)50-32-14-10-8-12-26(32)29-21-36-38(23-34(29)50)48(6)43(2)46(36)4/h7-23H,1-6H3. The molecule has 11 rings (SSSR count). The first kappa shape index (κ1) is 29.2. The van der Waals surface area contributed by atoms with E-state index in [-0.39, 0.29) is 0 Å². The van der Waals surface area contributed by atoms with Crippen LogP contribution in [0.3, 0.4) is 0 Å². The molecular formula is C41H35B2N7S. The van der Waals surface area contributed by atoms with E-state index in [0.717, 1.165) is 5.82 Å². The van der Waals surface area contributed by atoms with Crippen molar-refractivity contribution < 1.29 is 0 Å². The third-order valence-electron chi connectivity index (χ3n) is 12.1. The Morgan fingerprint density at radius 3 is 1.63 bits per heavy atom. The number of fused-ring (bicyclic) bond motifs is 11. The van der Waals surface area contributed by atoms with E-state index < -0.39 is 0 Å². The average molecular weight is 679 g/mol. The van der Waals surface area contributed by atoms with Crippen LogP contribution in [0.25, 0.3) is 75.3 Å². The number of benzene rings is 5. The van der Waals surface area contributed by atoms with Crippen molar-refractivity contribution in [1.29, 1.82) is 0 Å². The number of pyridine rings is 1. The van der Waals surface area contributed by atoms with E-state index in [4.69, 9.17) is 4.98 Å². The van der Waals surface area contributed by atoms with Gasteiger partial charge in [0, 0.05) is 60.3 Å². The highest BCUT2D eigenvalue weighted by Gasteiger charge is 2.34. The molecule has 246 valence electrons. The number of hydrogen-bond donors (Lipinski definition) is 0. The van der Waals surface area contributed by atoms with Crippen LogP contribution in [-0.2, 0) is 0 Å². The lowest BCUT2D eigenvalue weighted by atomic mass is 9.78. The van der Waals surface area contributed by atoms with E-state index in [2.05, 4.69) is 167 Å². The molecule has 0 bridgehead atoms. The minimum atomic E-state index is 0.297. The molecule has 51 heavy (non-hydrogen) atoms. The van der Waals surface area contributed by atoms with E-state index in [1.807, 2.05) is 17.5 Å². The molecule has 0 radical (unpaired) electrons. The van der Waals surface area contributed by atoms with Crippen LogP contribution in [0.2, 0.25) is 13.6 Å². The molecule has 0 saturated heterocycles. The highest BCUT2D eigenvalue weighted by Crippen LogP contribution is 2.47.